The summed E-state index contributed by atoms with van der Waals surface area (Å²) in [6, 6.07) is 6.72. The van der Waals surface area contributed by atoms with E-state index < -0.39 is 0 Å². The van der Waals surface area contributed by atoms with Crippen molar-refractivity contribution in [2.24, 2.45) is 5.73 Å². The molecule has 1 aliphatic carbocycles. The largest absolute Gasteiger partial charge is 0.366 e. The van der Waals surface area contributed by atoms with Crippen LogP contribution in [0.5, 0.6) is 0 Å². The Kier molecular flexibility index (Phi) is 3.21. The fourth-order valence-corrected chi connectivity index (χ4v) is 2.15. The van der Waals surface area contributed by atoms with Crippen LogP contribution in [0.25, 0.3) is 0 Å². The first-order valence-electron chi connectivity index (χ1n) is 5.71. The molecule has 82 valence electrons. The lowest BCUT2D eigenvalue weighted by Crippen LogP contribution is -2.42. The van der Waals surface area contributed by atoms with E-state index in [9.17, 15) is 0 Å². The summed E-state index contributed by atoms with van der Waals surface area (Å²) in [5, 5.41) is 3.44. The molecule has 1 saturated carbocycles. The number of pyridine rings is 1. The van der Waals surface area contributed by atoms with Gasteiger partial charge in [0.05, 0.1) is 0 Å². The highest BCUT2D eigenvalue weighted by molar-refractivity contribution is 5.36. The van der Waals surface area contributed by atoms with Crippen LogP contribution >= 0.6 is 0 Å². The van der Waals surface area contributed by atoms with Crippen molar-refractivity contribution in [2.45, 2.75) is 44.7 Å². The Balaban J connectivity index is 2.01. The third-order valence-corrected chi connectivity index (χ3v) is 3.04. The van der Waals surface area contributed by atoms with Crippen LogP contribution in [0.15, 0.2) is 18.2 Å². The van der Waals surface area contributed by atoms with Gasteiger partial charge in [-0.25, -0.2) is 4.98 Å². The van der Waals surface area contributed by atoms with Crippen molar-refractivity contribution in [1.29, 1.82) is 0 Å². The summed E-state index contributed by atoms with van der Waals surface area (Å²) >= 11 is 0. The van der Waals surface area contributed by atoms with Gasteiger partial charge in [-0.1, -0.05) is 18.9 Å². The average Bonchev–Trinajstić information content (AvgIpc) is 2.22. The number of nitrogens with zero attached hydrogens (tertiary/aromatic N) is 1. The number of hydrogen-bond acceptors (Lipinski definition) is 3. The van der Waals surface area contributed by atoms with Crippen LogP contribution in [0, 0.1) is 6.92 Å². The van der Waals surface area contributed by atoms with Gasteiger partial charge in [0, 0.05) is 17.8 Å². The molecule has 0 aromatic carbocycles. The fraction of sp³-hybridized carbons (Fsp3) is 0.583. The molecule has 1 aromatic rings. The first kappa shape index (κ1) is 10.4. The van der Waals surface area contributed by atoms with Gasteiger partial charge in [0.15, 0.2) is 0 Å². The van der Waals surface area contributed by atoms with Crippen molar-refractivity contribution in [3.05, 3.63) is 23.9 Å². The van der Waals surface area contributed by atoms with Gasteiger partial charge in [0.1, 0.15) is 5.82 Å². The van der Waals surface area contributed by atoms with E-state index in [2.05, 4.69) is 10.3 Å². The van der Waals surface area contributed by atoms with Crippen LogP contribution in [-0.4, -0.2) is 17.1 Å². The molecule has 0 radical (unpaired) electrons. The normalized spacial score (nSPS) is 26.3. The van der Waals surface area contributed by atoms with E-state index in [-0.39, 0.29) is 6.04 Å². The lowest BCUT2D eigenvalue weighted by molar-refractivity contribution is 0.403. The zero-order chi connectivity index (χ0) is 10.7. The summed E-state index contributed by atoms with van der Waals surface area (Å²) in [4.78, 5) is 4.44. The van der Waals surface area contributed by atoms with E-state index in [1.165, 1.54) is 12.8 Å². The lowest BCUT2D eigenvalue weighted by Gasteiger charge is -2.29. The minimum absolute atomic E-state index is 0.279. The summed E-state index contributed by atoms with van der Waals surface area (Å²) in [6.45, 7) is 2.01. The molecule has 1 aliphatic rings. The van der Waals surface area contributed by atoms with Crippen molar-refractivity contribution in [2.75, 3.05) is 5.32 Å². The molecule has 2 rings (SSSR count). The topological polar surface area (TPSA) is 50.9 Å². The molecule has 0 aliphatic heterocycles. The molecule has 0 saturated heterocycles. The van der Waals surface area contributed by atoms with Crippen LogP contribution < -0.4 is 11.1 Å². The van der Waals surface area contributed by atoms with Gasteiger partial charge in [-0.3, -0.25) is 0 Å². The van der Waals surface area contributed by atoms with E-state index in [1.54, 1.807) is 0 Å². The van der Waals surface area contributed by atoms with Crippen molar-refractivity contribution in [1.82, 2.24) is 4.98 Å². The van der Waals surface area contributed by atoms with Gasteiger partial charge in [0.25, 0.3) is 0 Å². The van der Waals surface area contributed by atoms with Crippen LogP contribution in [0.2, 0.25) is 0 Å². The smallest absolute Gasteiger partial charge is 0.126 e. The lowest BCUT2D eigenvalue weighted by atomic mass is 9.91. The first-order chi connectivity index (χ1) is 7.25. The van der Waals surface area contributed by atoms with Gasteiger partial charge in [-0.15, -0.1) is 0 Å². The van der Waals surface area contributed by atoms with E-state index >= 15 is 0 Å². The van der Waals surface area contributed by atoms with Crippen molar-refractivity contribution >= 4 is 5.82 Å². The highest BCUT2D eigenvalue weighted by Gasteiger charge is 2.21. The predicted molar refractivity (Wildman–Crippen MR) is 62.8 cm³/mol. The van der Waals surface area contributed by atoms with Gasteiger partial charge >= 0.3 is 0 Å². The summed E-state index contributed by atoms with van der Waals surface area (Å²) in [5.41, 5.74) is 7.12. The zero-order valence-electron chi connectivity index (χ0n) is 9.24. The third-order valence-electron chi connectivity index (χ3n) is 3.04. The van der Waals surface area contributed by atoms with Crippen LogP contribution in [0.3, 0.4) is 0 Å². The number of aryl methyl sites for hydroxylation is 1. The quantitative estimate of drug-likeness (QED) is 0.777. The minimum Gasteiger partial charge on any atom is -0.366 e. The van der Waals surface area contributed by atoms with E-state index in [0.29, 0.717) is 6.04 Å². The maximum absolute atomic E-state index is 6.07. The molecule has 2 atom stereocenters. The van der Waals surface area contributed by atoms with Gasteiger partial charge in [-0.05, 0) is 31.9 Å². The fourth-order valence-electron chi connectivity index (χ4n) is 2.15. The van der Waals surface area contributed by atoms with Crippen LogP contribution in [-0.2, 0) is 0 Å². The van der Waals surface area contributed by atoms with Crippen LogP contribution in [0.4, 0.5) is 5.82 Å². The summed E-state index contributed by atoms with van der Waals surface area (Å²) in [5.74, 6) is 0.956. The molecule has 1 aromatic heterocycles. The molecule has 0 unspecified atom stereocenters. The monoisotopic (exact) mass is 205 g/mol. The number of rotatable bonds is 2. The summed E-state index contributed by atoms with van der Waals surface area (Å²) in [7, 11) is 0. The Hall–Kier alpha value is -1.09. The summed E-state index contributed by atoms with van der Waals surface area (Å²) in [6.07, 6.45) is 4.83. The first-order valence-corrected chi connectivity index (χ1v) is 5.71. The second-order valence-corrected chi connectivity index (χ2v) is 4.36. The second kappa shape index (κ2) is 4.62. The molecule has 3 heteroatoms. The number of nitrogens with one attached hydrogen (secondary N) is 1. The van der Waals surface area contributed by atoms with Gasteiger partial charge < -0.3 is 11.1 Å². The van der Waals surface area contributed by atoms with Crippen molar-refractivity contribution < 1.29 is 0 Å². The Morgan fingerprint density at radius 2 is 2.13 bits per heavy atom. The molecule has 3 nitrogen and oxygen atoms in total. The van der Waals surface area contributed by atoms with E-state index in [4.69, 9.17) is 5.73 Å². The van der Waals surface area contributed by atoms with E-state index in [1.807, 2.05) is 25.1 Å². The molecule has 1 heterocycles. The Labute approximate surface area is 91.1 Å². The molecule has 0 amide bonds. The molecule has 0 bridgehead atoms. The van der Waals surface area contributed by atoms with Crippen molar-refractivity contribution in [3.63, 3.8) is 0 Å². The highest BCUT2D eigenvalue weighted by Crippen LogP contribution is 2.20. The molecule has 3 N–H and O–H groups in total. The Bertz CT molecular complexity index is 324. The maximum Gasteiger partial charge on any atom is 0.126 e. The number of anilines is 1. The number of aromatic nitrogens is 1. The molecule has 15 heavy (non-hydrogen) atoms. The van der Waals surface area contributed by atoms with Crippen LogP contribution in [0.1, 0.15) is 31.4 Å². The zero-order valence-corrected chi connectivity index (χ0v) is 9.24. The number of nitrogens with two attached hydrogens (primary N) is 1. The minimum atomic E-state index is 0.279. The Morgan fingerprint density at radius 1 is 1.33 bits per heavy atom. The molecule has 1 fully saturated rings. The van der Waals surface area contributed by atoms with Gasteiger partial charge in [0.2, 0.25) is 0 Å². The standard InChI is InChI=1S/C12H19N3/c1-9-5-4-8-12(14-9)15-11-7-3-2-6-10(11)13/h4-5,8,10-11H,2-3,6-7,13H2,1H3,(H,14,15)/t10-,11-/m0/s1. The second-order valence-electron chi connectivity index (χ2n) is 4.36. The maximum atomic E-state index is 6.07. The summed E-state index contributed by atoms with van der Waals surface area (Å²) < 4.78 is 0. The van der Waals surface area contributed by atoms with Gasteiger partial charge in [-0.2, -0.15) is 0 Å². The SMILES string of the molecule is Cc1cccc(N[C@H]2CCCC[C@@H]2N)n1. The van der Waals surface area contributed by atoms with E-state index in [0.717, 1.165) is 24.4 Å². The molecular weight excluding hydrogens is 186 g/mol. The number of hydrogen-bond donors (Lipinski definition) is 2. The predicted octanol–water partition coefficient (Wildman–Crippen LogP) is 2.07. The molecule has 0 spiro atoms. The highest BCUT2D eigenvalue weighted by atomic mass is 15.0. The molecular formula is C12H19N3. The third kappa shape index (κ3) is 2.69. The Morgan fingerprint density at radius 3 is 2.87 bits per heavy atom. The average molecular weight is 205 g/mol. The van der Waals surface area contributed by atoms with Crippen molar-refractivity contribution in [3.8, 4) is 0 Å².